The molecule has 0 saturated carbocycles. The van der Waals surface area contributed by atoms with Gasteiger partial charge in [-0.05, 0) is 37.5 Å². The first-order chi connectivity index (χ1) is 10.2. The fourth-order valence-corrected chi connectivity index (χ4v) is 2.54. The zero-order valence-electron chi connectivity index (χ0n) is 12.7. The Labute approximate surface area is 126 Å². The molecule has 0 bridgehead atoms. The molecule has 2 rings (SSSR count). The van der Waals surface area contributed by atoms with Crippen LogP contribution in [0.5, 0.6) is 11.5 Å². The largest absolute Gasteiger partial charge is 0.507 e. The van der Waals surface area contributed by atoms with E-state index in [1.807, 2.05) is 37.3 Å². The fraction of sp³-hybridized carbons (Fsp3) is 0.333. The van der Waals surface area contributed by atoms with Gasteiger partial charge in [-0.3, -0.25) is 0 Å². The molecular weight excluding hydrogens is 262 g/mol. The molecule has 0 aromatic heterocycles. The minimum Gasteiger partial charge on any atom is -0.507 e. The number of unbranched alkanes of at least 4 members (excludes halogenated alkanes) is 1. The Balaban J connectivity index is 2.56. The molecule has 3 N–H and O–H groups in total. The lowest BCUT2D eigenvalue weighted by molar-refractivity contribution is 0.341. The first-order valence-electron chi connectivity index (χ1n) is 7.50. The molecule has 0 atom stereocenters. The number of nitrogen functional groups attached to an aromatic ring is 1. The predicted octanol–water partition coefficient (Wildman–Crippen LogP) is 4.38. The zero-order valence-corrected chi connectivity index (χ0v) is 12.7. The van der Waals surface area contributed by atoms with Crippen LogP contribution in [-0.4, -0.2) is 11.7 Å². The zero-order chi connectivity index (χ0) is 15.2. The minimum absolute atomic E-state index is 0.216. The number of para-hydroxylation sites is 1. The quantitative estimate of drug-likeness (QED) is 0.774. The minimum atomic E-state index is 0.216. The lowest BCUT2D eigenvalue weighted by Crippen LogP contribution is -1.98. The SMILES string of the molecule is CCCCc1cc(N)cc(O)c1-c1ccccc1OCC. The van der Waals surface area contributed by atoms with Crippen LogP contribution in [0, 0.1) is 0 Å². The van der Waals surface area contributed by atoms with Crippen molar-refractivity contribution in [3.8, 4) is 22.6 Å². The van der Waals surface area contributed by atoms with Crippen molar-refractivity contribution in [3.63, 3.8) is 0 Å². The van der Waals surface area contributed by atoms with Gasteiger partial charge in [0.15, 0.2) is 0 Å². The number of hydrogen-bond donors (Lipinski definition) is 2. The Kier molecular flexibility index (Phi) is 5.09. The molecular formula is C18H23NO2. The van der Waals surface area contributed by atoms with Crippen molar-refractivity contribution in [3.05, 3.63) is 42.0 Å². The Morgan fingerprint density at radius 1 is 1.14 bits per heavy atom. The van der Waals surface area contributed by atoms with E-state index in [1.54, 1.807) is 6.07 Å². The number of benzene rings is 2. The van der Waals surface area contributed by atoms with Crippen molar-refractivity contribution in [1.29, 1.82) is 0 Å². The van der Waals surface area contributed by atoms with Crippen LogP contribution < -0.4 is 10.5 Å². The van der Waals surface area contributed by atoms with Gasteiger partial charge in [-0.1, -0.05) is 31.5 Å². The number of rotatable bonds is 6. The molecule has 0 spiro atoms. The highest BCUT2D eigenvalue weighted by Gasteiger charge is 2.15. The molecule has 0 aliphatic heterocycles. The maximum Gasteiger partial charge on any atom is 0.127 e. The lowest BCUT2D eigenvalue weighted by Gasteiger charge is -2.16. The summed E-state index contributed by atoms with van der Waals surface area (Å²) in [5, 5.41) is 10.4. The third kappa shape index (κ3) is 3.48. The summed E-state index contributed by atoms with van der Waals surface area (Å²) in [6.45, 7) is 4.70. The predicted molar refractivity (Wildman–Crippen MR) is 87.7 cm³/mol. The van der Waals surface area contributed by atoms with Crippen molar-refractivity contribution in [2.24, 2.45) is 0 Å². The highest BCUT2D eigenvalue weighted by molar-refractivity contribution is 5.80. The van der Waals surface area contributed by atoms with Crippen LogP contribution >= 0.6 is 0 Å². The molecule has 0 fully saturated rings. The molecule has 0 aliphatic rings. The molecule has 2 aromatic carbocycles. The summed E-state index contributed by atoms with van der Waals surface area (Å²) in [7, 11) is 0. The third-order valence-corrected chi connectivity index (χ3v) is 3.48. The number of aryl methyl sites for hydroxylation is 1. The summed E-state index contributed by atoms with van der Waals surface area (Å²) in [6, 6.07) is 11.4. The van der Waals surface area contributed by atoms with Gasteiger partial charge in [-0.2, -0.15) is 0 Å². The van der Waals surface area contributed by atoms with E-state index in [2.05, 4.69) is 6.92 Å². The van der Waals surface area contributed by atoms with Crippen LogP contribution in [0.3, 0.4) is 0 Å². The molecule has 0 saturated heterocycles. The summed E-state index contributed by atoms with van der Waals surface area (Å²) in [5.74, 6) is 1.01. The number of phenolic OH excluding ortho intramolecular Hbond substituents is 1. The molecule has 0 aliphatic carbocycles. The maximum absolute atomic E-state index is 10.4. The average molecular weight is 285 g/mol. The molecule has 112 valence electrons. The van der Waals surface area contributed by atoms with Crippen molar-refractivity contribution in [1.82, 2.24) is 0 Å². The van der Waals surface area contributed by atoms with Gasteiger partial charge in [0, 0.05) is 22.9 Å². The van der Waals surface area contributed by atoms with Crippen LogP contribution in [-0.2, 0) is 6.42 Å². The van der Waals surface area contributed by atoms with E-state index in [9.17, 15) is 5.11 Å². The second-order valence-corrected chi connectivity index (χ2v) is 5.11. The Bertz CT molecular complexity index is 608. The molecule has 0 amide bonds. The van der Waals surface area contributed by atoms with Crippen molar-refractivity contribution in [2.45, 2.75) is 33.1 Å². The van der Waals surface area contributed by atoms with Gasteiger partial charge >= 0.3 is 0 Å². The van der Waals surface area contributed by atoms with Crippen molar-refractivity contribution < 1.29 is 9.84 Å². The standard InChI is InChI=1S/C18H23NO2/c1-3-5-8-13-11-14(19)12-16(20)18(13)15-9-6-7-10-17(15)21-4-2/h6-7,9-12,20H,3-5,8,19H2,1-2H3. The van der Waals surface area contributed by atoms with Crippen LogP contribution in [0.4, 0.5) is 5.69 Å². The summed E-state index contributed by atoms with van der Waals surface area (Å²) in [6.07, 6.45) is 3.06. The molecule has 3 nitrogen and oxygen atoms in total. The highest BCUT2D eigenvalue weighted by Crippen LogP contribution is 2.40. The Morgan fingerprint density at radius 2 is 1.90 bits per heavy atom. The number of phenols is 1. The summed E-state index contributed by atoms with van der Waals surface area (Å²) in [5.41, 5.74) is 9.30. The van der Waals surface area contributed by atoms with Crippen molar-refractivity contribution >= 4 is 5.69 Å². The number of anilines is 1. The fourth-order valence-electron chi connectivity index (χ4n) is 2.54. The summed E-state index contributed by atoms with van der Waals surface area (Å²) >= 11 is 0. The average Bonchev–Trinajstić information content (AvgIpc) is 2.46. The van der Waals surface area contributed by atoms with E-state index >= 15 is 0 Å². The molecule has 2 aromatic rings. The number of nitrogens with two attached hydrogens (primary N) is 1. The van der Waals surface area contributed by atoms with E-state index in [4.69, 9.17) is 10.5 Å². The van der Waals surface area contributed by atoms with E-state index in [0.717, 1.165) is 41.7 Å². The third-order valence-electron chi connectivity index (χ3n) is 3.48. The smallest absolute Gasteiger partial charge is 0.127 e. The van der Waals surface area contributed by atoms with E-state index in [0.29, 0.717) is 12.3 Å². The Morgan fingerprint density at radius 3 is 2.62 bits per heavy atom. The van der Waals surface area contributed by atoms with Gasteiger partial charge in [0.25, 0.3) is 0 Å². The van der Waals surface area contributed by atoms with Crippen LogP contribution in [0.15, 0.2) is 36.4 Å². The number of aromatic hydroxyl groups is 1. The molecule has 0 unspecified atom stereocenters. The summed E-state index contributed by atoms with van der Waals surface area (Å²) < 4.78 is 5.69. The normalized spacial score (nSPS) is 10.6. The van der Waals surface area contributed by atoms with Gasteiger partial charge in [-0.15, -0.1) is 0 Å². The van der Waals surface area contributed by atoms with Crippen molar-refractivity contribution in [2.75, 3.05) is 12.3 Å². The number of hydrogen-bond acceptors (Lipinski definition) is 3. The van der Waals surface area contributed by atoms with Gasteiger partial charge in [0.1, 0.15) is 11.5 Å². The molecule has 0 radical (unpaired) electrons. The van der Waals surface area contributed by atoms with Gasteiger partial charge < -0.3 is 15.6 Å². The van der Waals surface area contributed by atoms with Gasteiger partial charge in [-0.25, -0.2) is 0 Å². The van der Waals surface area contributed by atoms with E-state index in [-0.39, 0.29) is 5.75 Å². The topological polar surface area (TPSA) is 55.5 Å². The van der Waals surface area contributed by atoms with Crippen LogP contribution in [0.2, 0.25) is 0 Å². The molecule has 0 heterocycles. The monoisotopic (exact) mass is 285 g/mol. The van der Waals surface area contributed by atoms with Crippen LogP contribution in [0.1, 0.15) is 32.3 Å². The maximum atomic E-state index is 10.4. The first kappa shape index (κ1) is 15.2. The van der Waals surface area contributed by atoms with Gasteiger partial charge in [0.2, 0.25) is 0 Å². The molecule has 3 heteroatoms. The van der Waals surface area contributed by atoms with Crippen LogP contribution in [0.25, 0.3) is 11.1 Å². The van der Waals surface area contributed by atoms with Gasteiger partial charge in [0.05, 0.1) is 6.61 Å². The Hall–Kier alpha value is -2.16. The second kappa shape index (κ2) is 7.02. The summed E-state index contributed by atoms with van der Waals surface area (Å²) in [4.78, 5) is 0. The van der Waals surface area contributed by atoms with E-state index < -0.39 is 0 Å². The molecule has 21 heavy (non-hydrogen) atoms. The highest BCUT2D eigenvalue weighted by atomic mass is 16.5. The van der Waals surface area contributed by atoms with E-state index in [1.165, 1.54) is 0 Å². The first-order valence-corrected chi connectivity index (χ1v) is 7.50. The lowest BCUT2D eigenvalue weighted by atomic mass is 9.94. The number of ether oxygens (including phenoxy) is 1. The second-order valence-electron chi connectivity index (χ2n) is 5.11.